The molecule has 0 fully saturated rings. The maximum absolute atomic E-state index is 10.6. The van der Waals surface area contributed by atoms with E-state index >= 15 is 0 Å². The Balaban J connectivity index is 2.73. The fraction of sp³-hybridized carbons (Fsp3) is 0.0833. The second kappa shape index (κ2) is 5.75. The zero-order valence-corrected chi connectivity index (χ0v) is 8.76. The van der Waals surface area contributed by atoms with Gasteiger partial charge in [-0.3, -0.25) is 0 Å². The van der Waals surface area contributed by atoms with Crippen molar-refractivity contribution in [3.63, 3.8) is 0 Å². The molecule has 0 N–H and O–H groups in total. The van der Waals surface area contributed by atoms with E-state index in [-0.39, 0.29) is 0 Å². The quantitative estimate of drug-likeness (QED) is 0.378. The lowest BCUT2D eigenvalue weighted by Crippen LogP contribution is -1.93. The molecule has 0 saturated carbocycles. The van der Waals surface area contributed by atoms with Gasteiger partial charge in [-0.1, -0.05) is 23.6 Å². The minimum absolute atomic E-state index is 0.601. The molecule has 0 saturated heterocycles. The van der Waals surface area contributed by atoms with Gasteiger partial charge in [0.05, 0.1) is 7.11 Å². The van der Waals surface area contributed by atoms with Gasteiger partial charge in [0.1, 0.15) is 0 Å². The molecule has 15 heavy (non-hydrogen) atoms. The summed E-state index contributed by atoms with van der Waals surface area (Å²) in [6.45, 7) is 0. The topological polar surface area (TPSA) is 26.3 Å². The molecule has 0 spiro atoms. The number of methoxy groups -OCH3 is 1. The molecule has 2 nitrogen and oxygen atoms in total. The van der Waals surface area contributed by atoms with Crippen molar-refractivity contribution >= 4 is 17.6 Å². The normalized spacial score (nSPS) is 7.87. The van der Waals surface area contributed by atoms with Gasteiger partial charge in [-0.25, -0.2) is 4.79 Å². The number of rotatable bonds is 0. The maximum Gasteiger partial charge on any atom is 0.385 e. The first-order valence-electron chi connectivity index (χ1n) is 4.08. The summed E-state index contributed by atoms with van der Waals surface area (Å²) in [4.78, 5) is 10.6. The Kier molecular flexibility index (Phi) is 4.29. The standard InChI is InChI=1S/C12H7ClO2/c1-15-12(14)8-3-2-5-10-6-4-7-11(13)9-10/h4,6-7,9H,1H3. The number of hydrogen-bond donors (Lipinski definition) is 0. The van der Waals surface area contributed by atoms with Gasteiger partial charge in [-0.05, 0) is 30.0 Å². The highest BCUT2D eigenvalue weighted by Crippen LogP contribution is 2.08. The fourth-order valence-corrected chi connectivity index (χ4v) is 0.993. The lowest BCUT2D eigenvalue weighted by Gasteiger charge is -1.88. The highest BCUT2D eigenvalue weighted by Gasteiger charge is 1.88. The molecule has 0 bridgehead atoms. The van der Waals surface area contributed by atoms with E-state index < -0.39 is 5.97 Å². The number of benzene rings is 1. The SMILES string of the molecule is COC(=O)C#CC#Cc1cccc(Cl)c1. The van der Waals surface area contributed by atoms with Crippen LogP contribution in [0.2, 0.25) is 5.02 Å². The monoisotopic (exact) mass is 218 g/mol. The molecule has 0 aliphatic heterocycles. The molecule has 0 atom stereocenters. The van der Waals surface area contributed by atoms with Crippen LogP contribution in [0.25, 0.3) is 0 Å². The molecule has 1 rings (SSSR count). The third kappa shape index (κ3) is 4.22. The van der Waals surface area contributed by atoms with Crippen molar-refractivity contribution in [3.05, 3.63) is 34.9 Å². The third-order valence-electron chi connectivity index (χ3n) is 1.44. The lowest BCUT2D eigenvalue weighted by molar-refractivity contribution is -0.133. The molecule has 0 aliphatic carbocycles. The highest BCUT2D eigenvalue weighted by molar-refractivity contribution is 6.30. The van der Waals surface area contributed by atoms with E-state index in [0.717, 1.165) is 5.56 Å². The summed E-state index contributed by atoms with van der Waals surface area (Å²) >= 11 is 5.75. The van der Waals surface area contributed by atoms with Crippen LogP contribution in [0, 0.1) is 23.7 Å². The molecule has 0 radical (unpaired) electrons. The predicted molar refractivity (Wildman–Crippen MR) is 58.1 cm³/mol. The minimum Gasteiger partial charge on any atom is -0.459 e. The molecule has 0 unspecified atom stereocenters. The largest absolute Gasteiger partial charge is 0.459 e. The second-order valence-corrected chi connectivity index (χ2v) is 2.94. The van der Waals surface area contributed by atoms with Crippen molar-refractivity contribution in [2.24, 2.45) is 0 Å². The van der Waals surface area contributed by atoms with Crippen LogP contribution in [-0.2, 0) is 9.53 Å². The van der Waals surface area contributed by atoms with Crippen LogP contribution < -0.4 is 0 Å². The Morgan fingerprint density at radius 3 is 2.87 bits per heavy atom. The van der Waals surface area contributed by atoms with Gasteiger partial charge in [0, 0.05) is 16.5 Å². The third-order valence-corrected chi connectivity index (χ3v) is 1.68. The maximum atomic E-state index is 10.6. The molecular formula is C12H7ClO2. The molecule has 0 heterocycles. The van der Waals surface area contributed by atoms with E-state index in [0.29, 0.717) is 5.02 Å². The zero-order valence-electron chi connectivity index (χ0n) is 8.00. The molecule has 0 aliphatic rings. The summed E-state index contributed by atoms with van der Waals surface area (Å²) in [7, 11) is 1.27. The van der Waals surface area contributed by atoms with Crippen molar-refractivity contribution in [1.82, 2.24) is 0 Å². The van der Waals surface area contributed by atoms with Gasteiger partial charge in [-0.2, -0.15) is 0 Å². The number of ether oxygens (including phenoxy) is 1. The Morgan fingerprint density at radius 1 is 1.40 bits per heavy atom. The number of halogens is 1. The zero-order chi connectivity index (χ0) is 11.1. The average Bonchev–Trinajstić information content (AvgIpc) is 2.24. The van der Waals surface area contributed by atoms with Gasteiger partial charge < -0.3 is 4.74 Å². The first kappa shape index (κ1) is 11.2. The molecule has 1 aromatic rings. The number of carbonyl (C=O) groups is 1. The summed E-state index contributed by atoms with van der Waals surface area (Å²) in [6.07, 6.45) is 0. The van der Waals surface area contributed by atoms with Crippen LogP contribution in [0.1, 0.15) is 5.56 Å². The Hall–Kier alpha value is -1.90. The van der Waals surface area contributed by atoms with Crippen molar-refractivity contribution in [2.45, 2.75) is 0 Å². The summed E-state index contributed by atoms with van der Waals surface area (Å²) < 4.78 is 4.32. The van der Waals surface area contributed by atoms with Gasteiger partial charge in [0.15, 0.2) is 0 Å². The van der Waals surface area contributed by atoms with Crippen molar-refractivity contribution < 1.29 is 9.53 Å². The summed E-state index contributed by atoms with van der Waals surface area (Å²) in [6, 6.07) is 7.07. The van der Waals surface area contributed by atoms with E-state index in [9.17, 15) is 4.79 Å². The van der Waals surface area contributed by atoms with E-state index in [1.807, 2.05) is 0 Å². The predicted octanol–water partition coefficient (Wildman–Crippen LogP) is 1.87. The van der Waals surface area contributed by atoms with Gasteiger partial charge in [0.2, 0.25) is 0 Å². The first-order chi connectivity index (χ1) is 7.22. The molecule has 1 aromatic carbocycles. The van der Waals surface area contributed by atoms with Crippen molar-refractivity contribution in [1.29, 1.82) is 0 Å². The van der Waals surface area contributed by atoms with Crippen LogP contribution >= 0.6 is 11.6 Å². The van der Waals surface area contributed by atoms with Crippen molar-refractivity contribution in [2.75, 3.05) is 7.11 Å². The second-order valence-electron chi connectivity index (χ2n) is 2.50. The molecular weight excluding hydrogens is 212 g/mol. The Labute approximate surface area is 93.2 Å². The fourth-order valence-electron chi connectivity index (χ4n) is 0.803. The van der Waals surface area contributed by atoms with E-state index in [1.165, 1.54) is 7.11 Å². The molecule has 0 aromatic heterocycles. The molecule has 0 amide bonds. The summed E-state index contributed by atoms with van der Waals surface area (Å²) in [5.41, 5.74) is 0.752. The van der Waals surface area contributed by atoms with Crippen LogP contribution in [-0.4, -0.2) is 13.1 Å². The Bertz CT molecular complexity index is 484. The van der Waals surface area contributed by atoms with E-state index in [1.54, 1.807) is 24.3 Å². The smallest absolute Gasteiger partial charge is 0.385 e. The van der Waals surface area contributed by atoms with Crippen LogP contribution in [0.4, 0.5) is 0 Å². The molecule has 74 valence electrons. The van der Waals surface area contributed by atoms with E-state index in [2.05, 4.69) is 28.4 Å². The van der Waals surface area contributed by atoms with Gasteiger partial charge >= 0.3 is 5.97 Å². The van der Waals surface area contributed by atoms with Crippen LogP contribution in [0.15, 0.2) is 24.3 Å². The van der Waals surface area contributed by atoms with Crippen LogP contribution in [0.3, 0.4) is 0 Å². The van der Waals surface area contributed by atoms with E-state index in [4.69, 9.17) is 11.6 Å². The molecule has 3 heteroatoms. The number of hydrogen-bond acceptors (Lipinski definition) is 2. The summed E-state index contributed by atoms with van der Waals surface area (Å²) in [5.74, 6) is 9.25. The Morgan fingerprint density at radius 2 is 2.20 bits per heavy atom. The number of esters is 1. The lowest BCUT2D eigenvalue weighted by atomic mass is 10.2. The van der Waals surface area contributed by atoms with Gasteiger partial charge in [-0.15, -0.1) is 0 Å². The van der Waals surface area contributed by atoms with Crippen LogP contribution in [0.5, 0.6) is 0 Å². The summed E-state index contributed by atoms with van der Waals surface area (Å²) in [5, 5.41) is 0.614. The number of carbonyl (C=O) groups excluding carboxylic acids is 1. The average molecular weight is 219 g/mol. The minimum atomic E-state index is -0.601. The van der Waals surface area contributed by atoms with Gasteiger partial charge in [0.25, 0.3) is 0 Å². The first-order valence-corrected chi connectivity index (χ1v) is 4.45. The highest BCUT2D eigenvalue weighted by atomic mass is 35.5. The van der Waals surface area contributed by atoms with Crippen molar-refractivity contribution in [3.8, 4) is 23.7 Å².